The summed E-state index contributed by atoms with van der Waals surface area (Å²) in [4.78, 5) is 13.9. The molecule has 0 spiro atoms. The van der Waals surface area contributed by atoms with E-state index in [2.05, 4.69) is 0 Å². The van der Waals surface area contributed by atoms with E-state index in [1.807, 2.05) is 24.3 Å². The number of hydrogen-bond acceptors (Lipinski definition) is 3. The van der Waals surface area contributed by atoms with E-state index in [4.69, 9.17) is 10.2 Å². The molecule has 1 aromatic carbocycles. The Morgan fingerprint density at radius 1 is 1.33 bits per heavy atom. The molecule has 2 aromatic rings. The van der Waals surface area contributed by atoms with Gasteiger partial charge in [-0.1, -0.05) is 12.1 Å². The summed E-state index contributed by atoms with van der Waals surface area (Å²) in [7, 11) is 1.79. The van der Waals surface area contributed by atoms with Gasteiger partial charge in [0.1, 0.15) is 5.76 Å². The number of benzene rings is 1. The second-order valence-corrected chi connectivity index (χ2v) is 4.57. The van der Waals surface area contributed by atoms with Crippen LogP contribution in [0, 0.1) is 0 Å². The number of anilines is 1. The molecule has 0 saturated carbocycles. The van der Waals surface area contributed by atoms with Gasteiger partial charge in [0.25, 0.3) is 5.91 Å². The maximum atomic E-state index is 12.2. The Labute approximate surface area is 105 Å². The molecule has 4 nitrogen and oxygen atoms in total. The summed E-state index contributed by atoms with van der Waals surface area (Å²) in [5.41, 5.74) is 8.02. The first-order valence-corrected chi connectivity index (χ1v) is 5.85. The third-order valence-electron chi connectivity index (χ3n) is 3.41. The molecule has 0 bridgehead atoms. The van der Waals surface area contributed by atoms with Crippen LogP contribution in [0.3, 0.4) is 0 Å². The standard InChI is InChI=1S/C14H14N2O2/c1-16-8-10(12-6-3-7-18-12)9-4-2-5-11(15)13(9)14(16)17/h2-7,10H,8,15H2,1H3. The summed E-state index contributed by atoms with van der Waals surface area (Å²) in [6, 6.07) is 9.38. The Balaban J connectivity index is 2.19. The average molecular weight is 242 g/mol. The van der Waals surface area contributed by atoms with Crippen LogP contribution in [0.25, 0.3) is 0 Å². The van der Waals surface area contributed by atoms with E-state index in [0.29, 0.717) is 17.8 Å². The van der Waals surface area contributed by atoms with E-state index in [9.17, 15) is 4.79 Å². The van der Waals surface area contributed by atoms with Gasteiger partial charge < -0.3 is 15.1 Å². The van der Waals surface area contributed by atoms with Crippen molar-refractivity contribution in [2.45, 2.75) is 5.92 Å². The van der Waals surface area contributed by atoms with E-state index < -0.39 is 0 Å². The lowest BCUT2D eigenvalue weighted by molar-refractivity contribution is 0.0770. The van der Waals surface area contributed by atoms with Crippen molar-refractivity contribution in [1.82, 2.24) is 4.90 Å². The van der Waals surface area contributed by atoms with Crippen molar-refractivity contribution in [2.24, 2.45) is 0 Å². The predicted molar refractivity (Wildman–Crippen MR) is 68.4 cm³/mol. The predicted octanol–water partition coefficient (Wildman–Crippen LogP) is 2.08. The van der Waals surface area contributed by atoms with E-state index in [1.165, 1.54) is 0 Å². The smallest absolute Gasteiger partial charge is 0.256 e. The number of hydrogen-bond donors (Lipinski definition) is 1. The van der Waals surface area contributed by atoms with Crippen molar-refractivity contribution in [3.05, 3.63) is 53.5 Å². The third kappa shape index (κ3) is 1.49. The molecule has 1 unspecified atom stereocenters. The second kappa shape index (κ2) is 3.91. The van der Waals surface area contributed by atoms with Gasteiger partial charge in [-0.3, -0.25) is 4.79 Å². The maximum Gasteiger partial charge on any atom is 0.256 e. The summed E-state index contributed by atoms with van der Waals surface area (Å²) >= 11 is 0. The van der Waals surface area contributed by atoms with Crippen LogP contribution in [0.1, 0.15) is 27.6 Å². The van der Waals surface area contributed by atoms with Crippen LogP contribution in [-0.2, 0) is 0 Å². The minimum Gasteiger partial charge on any atom is -0.469 e. The van der Waals surface area contributed by atoms with Crippen molar-refractivity contribution in [2.75, 3.05) is 19.3 Å². The minimum absolute atomic E-state index is 0.0223. The lowest BCUT2D eigenvalue weighted by Gasteiger charge is -2.31. The Kier molecular flexibility index (Phi) is 2.37. The fourth-order valence-corrected chi connectivity index (χ4v) is 2.50. The molecule has 0 radical (unpaired) electrons. The first kappa shape index (κ1) is 10.9. The quantitative estimate of drug-likeness (QED) is 0.779. The lowest BCUT2D eigenvalue weighted by Crippen LogP contribution is -2.37. The number of likely N-dealkylation sites (N-methyl/N-ethyl adjacent to an activating group) is 1. The van der Waals surface area contributed by atoms with Crippen LogP contribution in [0.2, 0.25) is 0 Å². The SMILES string of the molecule is CN1CC(c2ccco2)c2cccc(N)c2C1=O. The fraction of sp³-hybridized carbons (Fsp3) is 0.214. The van der Waals surface area contributed by atoms with E-state index in [-0.39, 0.29) is 11.8 Å². The molecule has 1 aliphatic heterocycles. The number of furan rings is 1. The number of carbonyl (C=O) groups excluding carboxylic acids is 1. The number of nitrogen functional groups attached to an aromatic ring is 1. The van der Waals surface area contributed by atoms with Crippen LogP contribution in [0.4, 0.5) is 5.69 Å². The zero-order chi connectivity index (χ0) is 12.7. The number of carbonyl (C=O) groups is 1. The number of nitrogens with two attached hydrogens (primary N) is 1. The van der Waals surface area contributed by atoms with Gasteiger partial charge in [0.15, 0.2) is 0 Å². The summed E-state index contributed by atoms with van der Waals surface area (Å²) in [5, 5.41) is 0. The molecule has 3 rings (SSSR count). The number of nitrogens with zero attached hydrogens (tertiary/aromatic N) is 1. The Morgan fingerprint density at radius 3 is 2.89 bits per heavy atom. The van der Waals surface area contributed by atoms with E-state index >= 15 is 0 Å². The van der Waals surface area contributed by atoms with Crippen molar-refractivity contribution in [3.8, 4) is 0 Å². The molecule has 0 fully saturated rings. The van der Waals surface area contributed by atoms with E-state index in [1.54, 1.807) is 24.3 Å². The third-order valence-corrected chi connectivity index (χ3v) is 3.41. The zero-order valence-corrected chi connectivity index (χ0v) is 10.1. The van der Waals surface area contributed by atoms with Gasteiger partial charge in [0.2, 0.25) is 0 Å². The van der Waals surface area contributed by atoms with Gasteiger partial charge in [0.05, 0.1) is 17.7 Å². The topological polar surface area (TPSA) is 59.5 Å². The molecular formula is C14H14N2O2. The maximum absolute atomic E-state index is 12.2. The van der Waals surface area contributed by atoms with Crippen molar-refractivity contribution < 1.29 is 9.21 Å². The molecule has 0 aliphatic carbocycles. The van der Waals surface area contributed by atoms with Crippen molar-refractivity contribution in [3.63, 3.8) is 0 Å². The highest BCUT2D eigenvalue weighted by Crippen LogP contribution is 2.35. The molecule has 1 amide bonds. The normalized spacial score (nSPS) is 18.8. The molecule has 2 N–H and O–H groups in total. The minimum atomic E-state index is -0.0223. The van der Waals surface area contributed by atoms with Gasteiger partial charge in [-0.2, -0.15) is 0 Å². The zero-order valence-electron chi connectivity index (χ0n) is 10.1. The highest BCUT2D eigenvalue weighted by molar-refractivity contribution is 6.01. The summed E-state index contributed by atoms with van der Waals surface area (Å²) < 4.78 is 5.47. The molecule has 1 aromatic heterocycles. The van der Waals surface area contributed by atoms with Crippen molar-refractivity contribution in [1.29, 1.82) is 0 Å². The summed E-state index contributed by atoms with van der Waals surface area (Å²) in [6.45, 7) is 0.614. The first-order chi connectivity index (χ1) is 8.68. The van der Waals surface area contributed by atoms with Gasteiger partial charge in [-0.05, 0) is 23.8 Å². The molecule has 18 heavy (non-hydrogen) atoms. The molecule has 4 heteroatoms. The summed E-state index contributed by atoms with van der Waals surface area (Å²) in [5.74, 6) is 0.897. The van der Waals surface area contributed by atoms with Gasteiger partial charge in [-0.15, -0.1) is 0 Å². The number of fused-ring (bicyclic) bond motifs is 1. The van der Waals surface area contributed by atoms with Crippen LogP contribution < -0.4 is 5.73 Å². The molecule has 92 valence electrons. The molecule has 0 saturated heterocycles. The molecule has 2 heterocycles. The lowest BCUT2D eigenvalue weighted by atomic mass is 9.87. The van der Waals surface area contributed by atoms with Crippen LogP contribution in [-0.4, -0.2) is 24.4 Å². The Hall–Kier alpha value is -2.23. The highest BCUT2D eigenvalue weighted by Gasteiger charge is 2.32. The number of amides is 1. The van der Waals surface area contributed by atoms with Gasteiger partial charge >= 0.3 is 0 Å². The van der Waals surface area contributed by atoms with Gasteiger partial charge in [0, 0.05) is 19.3 Å². The fourth-order valence-electron chi connectivity index (χ4n) is 2.50. The average Bonchev–Trinajstić information content (AvgIpc) is 2.87. The largest absolute Gasteiger partial charge is 0.469 e. The molecular weight excluding hydrogens is 228 g/mol. The van der Waals surface area contributed by atoms with Crippen LogP contribution >= 0.6 is 0 Å². The first-order valence-electron chi connectivity index (χ1n) is 5.85. The molecule has 1 aliphatic rings. The Morgan fingerprint density at radius 2 is 2.17 bits per heavy atom. The molecule has 1 atom stereocenters. The van der Waals surface area contributed by atoms with Crippen molar-refractivity contribution >= 4 is 11.6 Å². The highest BCUT2D eigenvalue weighted by atomic mass is 16.3. The van der Waals surface area contributed by atoms with Crippen LogP contribution in [0.15, 0.2) is 41.0 Å². The van der Waals surface area contributed by atoms with Crippen LogP contribution in [0.5, 0.6) is 0 Å². The summed E-state index contributed by atoms with van der Waals surface area (Å²) in [6.07, 6.45) is 1.65. The van der Waals surface area contributed by atoms with Gasteiger partial charge in [-0.25, -0.2) is 0 Å². The second-order valence-electron chi connectivity index (χ2n) is 4.57. The Bertz CT molecular complexity index is 590. The van der Waals surface area contributed by atoms with E-state index in [0.717, 1.165) is 11.3 Å². The number of rotatable bonds is 1. The monoisotopic (exact) mass is 242 g/mol.